The Morgan fingerprint density at radius 3 is 3.06 bits per heavy atom. The molecule has 1 fully saturated rings. The number of carbonyl (C=O) groups excluding carboxylic acids is 1. The van der Waals surface area contributed by atoms with Crippen molar-refractivity contribution in [1.29, 1.82) is 0 Å². The number of hydrogen-bond acceptors (Lipinski definition) is 4. The minimum Gasteiger partial charge on any atom is -0.351 e. The molecule has 5 nitrogen and oxygen atoms in total. The minimum absolute atomic E-state index is 0.196. The van der Waals surface area contributed by atoms with Crippen LogP contribution in [0.5, 0.6) is 0 Å². The first kappa shape index (κ1) is 13.1. The van der Waals surface area contributed by atoms with Gasteiger partial charge in [-0.25, -0.2) is 0 Å². The molecule has 0 saturated carbocycles. The van der Waals surface area contributed by atoms with E-state index >= 15 is 0 Å². The van der Waals surface area contributed by atoms with Gasteiger partial charge in [-0.2, -0.15) is 0 Å². The van der Waals surface area contributed by atoms with Crippen LogP contribution in [0.25, 0.3) is 0 Å². The zero-order chi connectivity index (χ0) is 13.2. The van der Waals surface area contributed by atoms with Crippen LogP contribution >= 0.6 is 0 Å². The Balaban J connectivity index is 1.89. The van der Waals surface area contributed by atoms with Gasteiger partial charge in [0.2, 0.25) is 5.76 Å². The molecule has 1 aliphatic heterocycles. The molecule has 0 aliphatic carbocycles. The molecule has 1 aromatic rings. The maximum Gasteiger partial charge on any atom is 0.289 e. The van der Waals surface area contributed by atoms with Crippen molar-refractivity contribution in [3.8, 4) is 0 Å². The van der Waals surface area contributed by atoms with Gasteiger partial charge in [-0.3, -0.25) is 4.79 Å². The Labute approximate surface area is 107 Å². The zero-order valence-corrected chi connectivity index (χ0v) is 11.2. The zero-order valence-electron chi connectivity index (χ0n) is 11.2. The Morgan fingerprint density at radius 2 is 2.44 bits per heavy atom. The van der Waals surface area contributed by atoms with E-state index in [1.165, 1.54) is 12.8 Å². The highest BCUT2D eigenvalue weighted by atomic mass is 16.5. The number of aromatic nitrogens is 1. The highest BCUT2D eigenvalue weighted by molar-refractivity contribution is 5.91. The molecule has 100 valence electrons. The number of aryl methyl sites for hydroxylation is 1. The molecule has 0 spiro atoms. The van der Waals surface area contributed by atoms with E-state index in [-0.39, 0.29) is 17.1 Å². The van der Waals surface area contributed by atoms with Crippen molar-refractivity contribution < 1.29 is 9.32 Å². The molecule has 1 aliphatic rings. The molecule has 18 heavy (non-hydrogen) atoms. The molecular formula is C13H21N3O2. The lowest BCUT2D eigenvalue weighted by Gasteiger charge is -2.39. The molecule has 2 rings (SSSR count). The lowest BCUT2D eigenvalue weighted by molar-refractivity contribution is 0.0892. The molecular weight excluding hydrogens is 230 g/mol. The molecule has 2 heterocycles. The summed E-state index contributed by atoms with van der Waals surface area (Å²) in [4.78, 5) is 11.8. The summed E-state index contributed by atoms with van der Waals surface area (Å²) in [6, 6.07) is 1.95. The Hall–Kier alpha value is -1.36. The van der Waals surface area contributed by atoms with E-state index < -0.39 is 0 Å². The first-order valence-corrected chi connectivity index (χ1v) is 6.44. The van der Waals surface area contributed by atoms with Gasteiger partial charge in [-0.15, -0.1) is 0 Å². The first-order valence-electron chi connectivity index (χ1n) is 6.44. The number of nitrogens with zero attached hydrogens (tertiary/aromatic N) is 1. The van der Waals surface area contributed by atoms with E-state index in [1.54, 1.807) is 13.0 Å². The van der Waals surface area contributed by atoms with E-state index in [0.717, 1.165) is 12.2 Å². The highest BCUT2D eigenvalue weighted by Gasteiger charge is 2.32. The number of rotatable bonds is 3. The second-order valence-corrected chi connectivity index (χ2v) is 5.64. The van der Waals surface area contributed by atoms with Crippen LogP contribution in [0.3, 0.4) is 0 Å². The first-order chi connectivity index (χ1) is 8.49. The summed E-state index contributed by atoms with van der Waals surface area (Å²) in [5, 5.41) is 10.1. The van der Waals surface area contributed by atoms with E-state index in [1.807, 2.05) is 0 Å². The lowest BCUT2D eigenvalue weighted by atomic mass is 9.77. The van der Waals surface area contributed by atoms with Gasteiger partial charge >= 0.3 is 0 Å². The number of nitrogens with one attached hydrogen (secondary N) is 2. The van der Waals surface area contributed by atoms with Gasteiger partial charge in [-0.05, 0) is 31.7 Å². The van der Waals surface area contributed by atoms with Crippen LogP contribution in [0.1, 0.15) is 42.9 Å². The molecule has 1 unspecified atom stereocenters. The molecule has 2 N–H and O–H groups in total. The van der Waals surface area contributed by atoms with Crippen molar-refractivity contribution in [2.24, 2.45) is 5.41 Å². The third-order valence-corrected chi connectivity index (χ3v) is 3.65. The van der Waals surface area contributed by atoms with Gasteiger partial charge < -0.3 is 15.2 Å². The number of hydrogen-bond donors (Lipinski definition) is 2. The SMILES string of the molecule is Cc1cc(C(=O)NCC2NCCCC2(C)C)on1. The van der Waals surface area contributed by atoms with Crippen molar-refractivity contribution in [3.05, 3.63) is 17.5 Å². The summed E-state index contributed by atoms with van der Waals surface area (Å²) in [6.45, 7) is 7.90. The fourth-order valence-corrected chi connectivity index (χ4v) is 2.37. The predicted octanol–water partition coefficient (Wildman–Crippen LogP) is 1.49. The van der Waals surface area contributed by atoms with Crippen molar-refractivity contribution in [3.63, 3.8) is 0 Å². The van der Waals surface area contributed by atoms with Crippen LogP contribution in [0, 0.1) is 12.3 Å². The number of amides is 1. The van der Waals surface area contributed by atoms with Crippen LogP contribution < -0.4 is 10.6 Å². The van der Waals surface area contributed by atoms with Crippen LogP contribution in [-0.4, -0.2) is 30.2 Å². The molecule has 1 aromatic heterocycles. The smallest absolute Gasteiger partial charge is 0.289 e. The van der Waals surface area contributed by atoms with Crippen molar-refractivity contribution in [2.75, 3.05) is 13.1 Å². The molecule has 0 radical (unpaired) electrons. The van der Waals surface area contributed by atoms with E-state index in [4.69, 9.17) is 4.52 Å². The van der Waals surface area contributed by atoms with Gasteiger partial charge in [0.25, 0.3) is 5.91 Å². The van der Waals surface area contributed by atoms with Gasteiger partial charge in [0.15, 0.2) is 0 Å². The average Bonchev–Trinajstić information content (AvgIpc) is 2.73. The van der Waals surface area contributed by atoms with Crippen LogP contribution in [0.2, 0.25) is 0 Å². The highest BCUT2D eigenvalue weighted by Crippen LogP contribution is 2.29. The summed E-state index contributed by atoms with van der Waals surface area (Å²) < 4.78 is 4.94. The van der Waals surface area contributed by atoms with Crippen molar-refractivity contribution in [1.82, 2.24) is 15.8 Å². The van der Waals surface area contributed by atoms with Crippen LogP contribution in [0.4, 0.5) is 0 Å². The topological polar surface area (TPSA) is 67.2 Å². The summed E-state index contributed by atoms with van der Waals surface area (Å²) >= 11 is 0. The second-order valence-electron chi connectivity index (χ2n) is 5.64. The van der Waals surface area contributed by atoms with Crippen LogP contribution in [-0.2, 0) is 0 Å². The minimum atomic E-state index is -0.196. The van der Waals surface area contributed by atoms with Crippen LogP contribution in [0.15, 0.2) is 10.6 Å². The second kappa shape index (κ2) is 5.10. The fourth-order valence-electron chi connectivity index (χ4n) is 2.37. The summed E-state index contributed by atoms with van der Waals surface area (Å²) in [5.74, 6) is 0.0832. The third kappa shape index (κ3) is 2.90. The van der Waals surface area contributed by atoms with Gasteiger partial charge in [-0.1, -0.05) is 19.0 Å². The van der Waals surface area contributed by atoms with E-state index in [0.29, 0.717) is 12.6 Å². The lowest BCUT2D eigenvalue weighted by Crippen LogP contribution is -2.52. The third-order valence-electron chi connectivity index (χ3n) is 3.65. The number of piperidine rings is 1. The van der Waals surface area contributed by atoms with E-state index in [9.17, 15) is 4.79 Å². The average molecular weight is 251 g/mol. The molecule has 1 saturated heterocycles. The summed E-state index contributed by atoms with van der Waals surface area (Å²) in [6.07, 6.45) is 2.38. The van der Waals surface area contributed by atoms with Crippen molar-refractivity contribution >= 4 is 5.91 Å². The van der Waals surface area contributed by atoms with Gasteiger partial charge in [0.1, 0.15) is 0 Å². The fraction of sp³-hybridized carbons (Fsp3) is 0.692. The standard InChI is InChI=1S/C13H21N3O2/c1-9-7-10(18-16-9)12(17)15-8-11-13(2,3)5-4-6-14-11/h7,11,14H,4-6,8H2,1-3H3,(H,15,17). The summed E-state index contributed by atoms with van der Waals surface area (Å²) in [7, 11) is 0. The Morgan fingerprint density at radius 1 is 1.67 bits per heavy atom. The maximum absolute atomic E-state index is 11.8. The van der Waals surface area contributed by atoms with E-state index in [2.05, 4.69) is 29.6 Å². The molecule has 0 bridgehead atoms. The monoisotopic (exact) mass is 251 g/mol. The predicted molar refractivity (Wildman–Crippen MR) is 68.4 cm³/mol. The van der Waals surface area contributed by atoms with Gasteiger partial charge in [0, 0.05) is 18.7 Å². The molecule has 1 atom stereocenters. The van der Waals surface area contributed by atoms with Crippen molar-refractivity contribution in [2.45, 2.75) is 39.7 Å². The molecule has 1 amide bonds. The normalized spacial score (nSPS) is 22.7. The molecule has 5 heteroatoms. The molecule has 0 aromatic carbocycles. The quantitative estimate of drug-likeness (QED) is 0.854. The Kier molecular flexibility index (Phi) is 3.71. The maximum atomic E-state index is 11.8. The largest absolute Gasteiger partial charge is 0.351 e. The number of carbonyl (C=O) groups is 1. The van der Waals surface area contributed by atoms with Gasteiger partial charge in [0.05, 0.1) is 5.69 Å². The summed E-state index contributed by atoms with van der Waals surface area (Å²) in [5.41, 5.74) is 0.930. The Bertz CT molecular complexity index is 426.